The van der Waals surface area contributed by atoms with Crippen LogP contribution in [0.25, 0.3) is 0 Å². The van der Waals surface area contributed by atoms with Gasteiger partial charge in [-0.3, -0.25) is 0 Å². The first-order chi connectivity index (χ1) is 7.88. The average molecular weight is 265 g/mol. The molecule has 0 unspecified atom stereocenters. The molecule has 0 atom stereocenters. The number of aromatic nitrogens is 1. The second-order valence-corrected chi connectivity index (χ2v) is 5.10. The van der Waals surface area contributed by atoms with Crippen molar-refractivity contribution in [1.82, 2.24) is 4.37 Å². The van der Waals surface area contributed by atoms with Crippen molar-refractivity contribution in [2.45, 2.75) is 31.4 Å². The zero-order valence-corrected chi connectivity index (χ0v) is 10.2. The molecule has 3 nitrogen and oxygen atoms in total. The Balaban J connectivity index is 2.06. The Kier molecular flexibility index (Phi) is 3.20. The van der Waals surface area contributed by atoms with E-state index in [-0.39, 0.29) is 6.54 Å². The van der Waals surface area contributed by atoms with Crippen molar-refractivity contribution < 1.29 is 13.2 Å². The van der Waals surface area contributed by atoms with E-state index in [2.05, 4.69) is 4.37 Å². The molecule has 1 fully saturated rings. The molecule has 0 saturated heterocycles. The number of nitrogen functional groups attached to an aromatic ring is 1. The predicted molar refractivity (Wildman–Crippen MR) is 62.4 cm³/mol. The van der Waals surface area contributed by atoms with Crippen molar-refractivity contribution in [1.29, 1.82) is 0 Å². The summed E-state index contributed by atoms with van der Waals surface area (Å²) < 4.78 is 40.5. The maximum atomic E-state index is 12.1. The van der Waals surface area contributed by atoms with Gasteiger partial charge in [-0.25, -0.2) is 0 Å². The molecule has 17 heavy (non-hydrogen) atoms. The second kappa shape index (κ2) is 4.36. The maximum Gasteiger partial charge on any atom is 0.390 e. The molecule has 1 aliphatic rings. The normalized spacial score (nSPS) is 16.2. The van der Waals surface area contributed by atoms with E-state index < -0.39 is 12.6 Å². The highest BCUT2D eigenvalue weighted by Crippen LogP contribution is 2.48. The van der Waals surface area contributed by atoms with Crippen LogP contribution in [0.4, 0.5) is 24.0 Å². The highest BCUT2D eigenvalue weighted by molar-refractivity contribution is 7.10. The first-order valence-electron chi connectivity index (χ1n) is 5.41. The number of hydrogen-bond acceptors (Lipinski definition) is 4. The zero-order valence-electron chi connectivity index (χ0n) is 9.42. The van der Waals surface area contributed by atoms with Crippen LogP contribution in [-0.4, -0.2) is 24.1 Å². The van der Waals surface area contributed by atoms with Crippen molar-refractivity contribution in [3.05, 3.63) is 5.56 Å². The van der Waals surface area contributed by atoms with Gasteiger partial charge < -0.3 is 10.6 Å². The third-order valence-corrected chi connectivity index (χ3v) is 3.79. The van der Waals surface area contributed by atoms with Crippen molar-refractivity contribution in [2.24, 2.45) is 0 Å². The van der Waals surface area contributed by atoms with Crippen LogP contribution in [0.3, 0.4) is 0 Å². The molecule has 7 heteroatoms. The molecule has 0 aromatic carbocycles. The molecule has 96 valence electrons. The van der Waals surface area contributed by atoms with Crippen molar-refractivity contribution >= 4 is 22.4 Å². The molecule has 0 aliphatic heterocycles. The molecule has 1 aromatic rings. The summed E-state index contributed by atoms with van der Waals surface area (Å²) >= 11 is 1.19. The number of alkyl halides is 3. The Morgan fingerprint density at radius 2 is 2.12 bits per heavy atom. The molecule has 1 aliphatic carbocycles. The Morgan fingerprint density at radius 1 is 1.47 bits per heavy atom. The van der Waals surface area contributed by atoms with Crippen LogP contribution in [0.5, 0.6) is 0 Å². The minimum atomic E-state index is -4.12. The Bertz CT molecular complexity index is 398. The SMILES string of the molecule is CN(CCC(F)(F)F)c1snc(N)c1C1CC1. The van der Waals surface area contributed by atoms with E-state index in [1.807, 2.05) is 0 Å². The van der Waals surface area contributed by atoms with Crippen LogP contribution < -0.4 is 10.6 Å². The summed E-state index contributed by atoms with van der Waals surface area (Å²) in [5.41, 5.74) is 6.70. The number of rotatable bonds is 4. The van der Waals surface area contributed by atoms with Crippen molar-refractivity contribution in [3.8, 4) is 0 Å². The van der Waals surface area contributed by atoms with Gasteiger partial charge in [-0.05, 0) is 30.3 Å². The summed E-state index contributed by atoms with van der Waals surface area (Å²) in [6.45, 7) is -0.0507. The monoisotopic (exact) mass is 265 g/mol. The molecule has 0 bridgehead atoms. The molecule has 1 heterocycles. The lowest BCUT2D eigenvalue weighted by molar-refractivity contribution is -0.132. The molecule has 0 amide bonds. The molecular weight excluding hydrogens is 251 g/mol. The molecule has 1 saturated carbocycles. The van der Waals surface area contributed by atoms with Crippen LogP contribution in [0.15, 0.2) is 0 Å². The minimum Gasteiger partial charge on any atom is -0.383 e. The van der Waals surface area contributed by atoms with Crippen molar-refractivity contribution in [3.63, 3.8) is 0 Å². The molecule has 2 rings (SSSR count). The molecule has 0 radical (unpaired) electrons. The van der Waals surface area contributed by atoms with Gasteiger partial charge in [0.2, 0.25) is 0 Å². The Morgan fingerprint density at radius 3 is 2.65 bits per heavy atom. The minimum absolute atomic E-state index is 0.0507. The van der Waals surface area contributed by atoms with E-state index in [9.17, 15) is 13.2 Å². The third-order valence-electron chi connectivity index (χ3n) is 2.80. The average Bonchev–Trinajstić information content (AvgIpc) is 2.98. The third kappa shape index (κ3) is 3.02. The van der Waals surface area contributed by atoms with E-state index in [0.29, 0.717) is 11.7 Å². The highest BCUT2D eigenvalue weighted by atomic mass is 32.1. The van der Waals surface area contributed by atoms with Gasteiger partial charge in [0.1, 0.15) is 10.8 Å². The lowest BCUT2D eigenvalue weighted by atomic mass is 10.2. The summed E-state index contributed by atoms with van der Waals surface area (Å²) in [5, 5.41) is 0.786. The van der Waals surface area contributed by atoms with E-state index in [4.69, 9.17) is 5.73 Å². The number of nitrogens with two attached hydrogens (primary N) is 1. The lowest BCUT2D eigenvalue weighted by Crippen LogP contribution is -2.24. The standard InChI is InChI=1S/C10H14F3N3S/c1-16(5-4-10(11,12)13)9-7(6-2-3-6)8(14)15-17-9/h6H,2-5H2,1H3,(H2,14,15). The fraction of sp³-hybridized carbons (Fsp3) is 0.700. The molecule has 0 spiro atoms. The number of hydrogen-bond donors (Lipinski definition) is 1. The fourth-order valence-electron chi connectivity index (χ4n) is 1.73. The number of nitrogens with zero attached hydrogens (tertiary/aromatic N) is 2. The van der Waals surface area contributed by atoms with Crippen LogP contribution in [0.1, 0.15) is 30.7 Å². The van der Waals surface area contributed by atoms with E-state index in [1.54, 1.807) is 11.9 Å². The highest BCUT2D eigenvalue weighted by Gasteiger charge is 2.33. The van der Waals surface area contributed by atoms with E-state index in [1.165, 1.54) is 11.5 Å². The summed E-state index contributed by atoms with van der Waals surface area (Å²) in [6, 6.07) is 0. The van der Waals surface area contributed by atoms with Gasteiger partial charge in [0.05, 0.1) is 6.42 Å². The number of halogens is 3. The fourth-order valence-corrected chi connectivity index (χ4v) is 2.61. The van der Waals surface area contributed by atoms with Gasteiger partial charge >= 0.3 is 6.18 Å². The summed E-state index contributed by atoms with van der Waals surface area (Å²) in [5.74, 6) is 0.878. The predicted octanol–water partition coefficient (Wildman–Crippen LogP) is 2.99. The smallest absolute Gasteiger partial charge is 0.383 e. The summed E-state index contributed by atoms with van der Waals surface area (Å²) in [4.78, 5) is 1.61. The first kappa shape index (κ1) is 12.5. The van der Waals surface area contributed by atoms with Crippen LogP contribution in [0, 0.1) is 0 Å². The van der Waals surface area contributed by atoms with Crippen LogP contribution in [-0.2, 0) is 0 Å². The Labute approximate surface area is 102 Å². The van der Waals surface area contributed by atoms with E-state index >= 15 is 0 Å². The topological polar surface area (TPSA) is 42.2 Å². The second-order valence-electron chi connectivity index (χ2n) is 4.35. The van der Waals surface area contributed by atoms with Crippen LogP contribution in [0.2, 0.25) is 0 Å². The number of anilines is 2. The van der Waals surface area contributed by atoms with Gasteiger partial charge in [0.25, 0.3) is 0 Å². The van der Waals surface area contributed by atoms with Crippen molar-refractivity contribution in [2.75, 3.05) is 24.2 Å². The molecular formula is C10H14F3N3S. The maximum absolute atomic E-state index is 12.1. The van der Waals surface area contributed by atoms with Gasteiger partial charge in [0.15, 0.2) is 0 Å². The summed E-state index contributed by atoms with van der Waals surface area (Å²) in [6.07, 6.45) is -2.82. The van der Waals surface area contributed by atoms with Gasteiger partial charge in [-0.2, -0.15) is 17.5 Å². The molecule has 1 aromatic heterocycles. The first-order valence-corrected chi connectivity index (χ1v) is 6.19. The summed E-state index contributed by atoms with van der Waals surface area (Å²) in [7, 11) is 1.66. The van der Waals surface area contributed by atoms with Gasteiger partial charge in [0, 0.05) is 19.2 Å². The molecule has 2 N–H and O–H groups in total. The zero-order chi connectivity index (χ0) is 12.6. The van der Waals surface area contributed by atoms with Gasteiger partial charge in [-0.15, -0.1) is 0 Å². The van der Waals surface area contributed by atoms with Gasteiger partial charge in [-0.1, -0.05) is 0 Å². The van der Waals surface area contributed by atoms with E-state index in [0.717, 1.165) is 23.4 Å². The quantitative estimate of drug-likeness (QED) is 0.910. The Hall–Kier alpha value is -0.980. The van der Waals surface area contributed by atoms with Crippen LogP contribution >= 0.6 is 11.5 Å². The largest absolute Gasteiger partial charge is 0.390 e. The lowest BCUT2D eigenvalue weighted by Gasteiger charge is -2.19.